The molecule has 2 aromatic rings. The SMILES string of the molecule is O=C(COc1cccc(C(F)(F)F)c1)NCCc1ccc(F)cc1. The van der Waals surface area contributed by atoms with Gasteiger partial charge in [0.2, 0.25) is 0 Å². The lowest BCUT2D eigenvalue weighted by atomic mass is 10.1. The highest BCUT2D eigenvalue weighted by atomic mass is 19.4. The van der Waals surface area contributed by atoms with E-state index >= 15 is 0 Å². The summed E-state index contributed by atoms with van der Waals surface area (Å²) in [5.41, 5.74) is 0.0206. The van der Waals surface area contributed by atoms with Crippen LogP contribution in [0.3, 0.4) is 0 Å². The van der Waals surface area contributed by atoms with Gasteiger partial charge in [-0.15, -0.1) is 0 Å². The van der Waals surface area contributed by atoms with E-state index in [1.54, 1.807) is 12.1 Å². The molecular formula is C17H15F4NO2. The zero-order chi connectivity index (χ0) is 17.6. The minimum absolute atomic E-state index is 0.0292. The first-order chi connectivity index (χ1) is 11.3. The van der Waals surface area contributed by atoms with Gasteiger partial charge in [-0.3, -0.25) is 4.79 Å². The van der Waals surface area contributed by atoms with Crippen LogP contribution in [0, 0.1) is 5.82 Å². The van der Waals surface area contributed by atoms with E-state index in [2.05, 4.69) is 5.32 Å². The maximum Gasteiger partial charge on any atom is 0.416 e. The van der Waals surface area contributed by atoms with Crippen molar-refractivity contribution in [2.24, 2.45) is 0 Å². The minimum atomic E-state index is -4.46. The number of rotatable bonds is 6. The van der Waals surface area contributed by atoms with E-state index in [4.69, 9.17) is 4.74 Å². The Hall–Kier alpha value is -2.57. The Morgan fingerprint density at radius 2 is 1.79 bits per heavy atom. The highest BCUT2D eigenvalue weighted by Gasteiger charge is 2.30. The second-order valence-corrected chi connectivity index (χ2v) is 5.04. The maximum atomic E-state index is 12.7. The molecule has 0 bridgehead atoms. The lowest BCUT2D eigenvalue weighted by Crippen LogP contribution is -2.30. The van der Waals surface area contributed by atoms with Gasteiger partial charge < -0.3 is 10.1 Å². The van der Waals surface area contributed by atoms with Crippen LogP contribution < -0.4 is 10.1 Å². The fourth-order valence-electron chi connectivity index (χ4n) is 1.96. The Kier molecular flexibility index (Phi) is 5.78. The van der Waals surface area contributed by atoms with Gasteiger partial charge in [0.1, 0.15) is 11.6 Å². The third kappa shape index (κ3) is 5.57. The summed E-state index contributed by atoms with van der Waals surface area (Å²) >= 11 is 0. The minimum Gasteiger partial charge on any atom is -0.484 e. The summed E-state index contributed by atoms with van der Waals surface area (Å²) in [6, 6.07) is 10.2. The van der Waals surface area contributed by atoms with Crippen molar-refractivity contribution in [1.82, 2.24) is 5.32 Å². The predicted molar refractivity (Wildman–Crippen MR) is 80.1 cm³/mol. The average Bonchev–Trinajstić information content (AvgIpc) is 2.54. The Morgan fingerprint density at radius 1 is 1.08 bits per heavy atom. The van der Waals surface area contributed by atoms with E-state index < -0.39 is 17.6 Å². The number of alkyl halides is 3. The fourth-order valence-corrected chi connectivity index (χ4v) is 1.96. The zero-order valence-corrected chi connectivity index (χ0v) is 12.6. The van der Waals surface area contributed by atoms with Crippen LogP contribution in [0.2, 0.25) is 0 Å². The molecule has 0 fully saturated rings. The first-order valence-electron chi connectivity index (χ1n) is 7.16. The standard InChI is InChI=1S/C17H15F4NO2/c18-14-6-4-12(5-7-14)8-9-22-16(23)11-24-15-3-1-2-13(10-15)17(19,20)21/h1-7,10H,8-9,11H2,(H,22,23). The number of ether oxygens (including phenoxy) is 1. The second kappa shape index (κ2) is 7.81. The van der Waals surface area contributed by atoms with Gasteiger partial charge in [-0.1, -0.05) is 18.2 Å². The fraction of sp³-hybridized carbons (Fsp3) is 0.235. The van der Waals surface area contributed by atoms with Crippen LogP contribution in [-0.4, -0.2) is 19.1 Å². The number of carbonyl (C=O) groups is 1. The number of hydrogen-bond donors (Lipinski definition) is 1. The summed E-state index contributed by atoms with van der Waals surface area (Å²) in [5.74, 6) is -0.815. The molecule has 0 saturated carbocycles. The molecule has 0 aliphatic rings. The number of halogens is 4. The van der Waals surface area contributed by atoms with Gasteiger partial charge in [-0.05, 0) is 42.3 Å². The molecule has 0 aliphatic heterocycles. The summed E-state index contributed by atoms with van der Waals surface area (Å²) in [6.07, 6.45) is -3.95. The molecule has 1 N–H and O–H groups in total. The third-order valence-corrected chi connectivity index (χ3v) is 3.18. The summed E-state index contributed by atoms with van der Waals surface area (Å²) < 4.78 is 55.5. The molecule has 0 atom stereocenters. The number of carbonyl (C=O) groups excluding carboxylic acids is 1. The molecular weight excluding hydrogens is 326 g/mol. The number of hydrogen-bond acceptors (Lipinski definition) is 2. The van der Waals surface area contributed by atoms with Crippen molar-refractivity contribution >= 4 is 5.91 Å². The van der Waals surface area contributed by atoms with Crippen LogP contribution in [0.1, 0.15) is 11.1 Å². The topological polar surface area (TPSA) is 38.3 Å². The van der Waals surface area contributed by atoms with Gasteiger partial charge in [0, 0.05) is 6.54 Å². The van der Waals surface area contributed by atoms with Crippen LogP contribution in [0.4, 0.5) is 17.6 Å². The van der Waals surface area contributed by atoms with E-state index in [-0.39, 0.29) is 18.2 Å². The van der Waals surface area contributed by atoms with Crippen LogP contribution in [0.15, 0.2) is 48.5 Å². The Balaban J connectivity index is 1.76. The zero-order valence-electron chi connectivity index (χ0n) is 12.6. The van der Waals surface area contributed by atoms with Crippen molar-refractivity contribution < 1.29 is 27.1 Å². The highest BCUT2D eigenvalue weighted by Crippen LogP contribution is 2.31. The number of nitrogens with one attached hydrogen (secondary N) is 1. The van der Waals surface area contributed by atoms with E-state index in [1.807, 2.05) is 0 Å². The first-order valence-corrected chi connectivity index (χ1v) is 7.16. The van der Waals surface area contributed by atoms with Crippen LogP contribution >= 0.6 is 0 Å². The molecule has 128 valence electrons. The van der Waals surface area contributed by atoms with Crippen LogP contribution in [0.25, 0.3) is 0 Å². The molecule has 0 radical (unpaired) electrons. The van der Waals surface area contributed by atoms with Crippen molar-refractivity contribution in [1.29, 1.82) is 0 Å². The van der Waals surface area contributed by atoms with Crippen LogP contribution in [0.5, 0.6) is 5.75 Å². The molecule has 0 unspecified atom stereocenters. The van der Waals surface area contributed by atoms with Gasteiger partial charge in [0.15, 0.2) is 6.61 Å². The summed E-state index contributed by atoms with van der Waals surface area (Å²) in [5, 5.41) is 2.58. The number of amides is 1. The molecule has 24 heavy (non-hydrogen) atoms. The van der Waals surface area contributed by atoms with Crippen molar-refractivity contribution in [3.8, 4) is 5.75 Å². The van der Waals surface area contributed by atoms with Gasteiger partial charge in [0.25, 0.3) is 5.91 Å². The quantitative estimate of drug-likeness (QED) is 0.816. The smallest absolute Gasteiger partial charge is 0.416 e. The summed E-state index contributed by atoms with van der Waals surface area (Å²) in [4.78, 5) is 11.6. The molecule has 2 aromatic carbocycles. The van der Waals surface area contributed by atoms with Crippen molar-refractivity contribution in [2.75, 3.05) is 13.2 Å². The Labute approximate surface area is 136 Å². The molecule has 0 heterocycles. The average molecular weight is 341 g/mol. The lowest BCUT2D eigenvalue weighted by Gasteiger charge is -2.10. The first kappa shape index (κ1) is 17.8. The predicted octanol–water partition coefficient (Wildman–Crippen LogP) is 3.58. The second-order valence-electron chi connectivity index (χ2n) is 5.04. The molecule has 3 nitrogen and oxygen atoms in total. The molecule has 0 saturated heterocycles. The van der Waals surface area contributed by atoms with E-state index in [9.17, 15) is 22.4 Å². The van der Waals surface area contributed by atoms with Gasteiger partial charge in [-0.25, -0.2) is 4.39 Å². The maximum absolute atomic E-state index is 12.7. The Bertz CT molecular complexity index is 684. The highest BCUT2D eigenvalue weighted by molar-refractivity contribution is 5.77. The van der Waals surface area contributed by atoms with E-state index in [0.29, 0.717) is 13.0 Å². The normalized spacial score (nSPS) is 11.2. The monoisotopic (exact) mass is 341 g/mol. The van der Waals surface area contributed by atoms with Crippen LogP contribution in [-0.2, 0) is 17.4 Å². The summed E-state index contributed by atoms with van der Waals surface area (Å²) in [7, 11) is 0. The summed E-state index contributed by atoms with van der Waals surface area (Å²) in [6.45, 7) is -0.0683. The number of benzene rings is 2. The largest absolute Gasteiger partial charge is 0.484 e. The molecule has 7 heteroatoms. The van der Waals surface area contributed by atoms with E-state index in [0.717, 1.165) is 17.7 Å². The van der Waals surface area contributed by atoms with E-state index in [1.165, 1.54) is 24.3 Å². The van der Waals surface area contributed by atoms with Gasteiger partial charge >= 0.3 is 6.18 Å². The molecule has 2 rings (SSSR count). The molecule has 0 aliphatic carbocycles. The molecule has 0 aromatic heterocycles. The van der Waals surface area contributed by atoms with Gasteiger partial charge in [0.05, 0.1) is 5.56 Å². The molecule has 0 spiro atoms. The van der Waals surface area contributed by atoms with Crippen molar-refractivity contribution in [3.05, 3.63) is 65.5 Å². The van der Waals surface area contributed by atoms with Gasteiger partial charge in [-0.2, -0.15) is 13.2 Å². The van der Waals surface area contributed by atoms with Crippen molar-refractivity contribution in [3.63, 3.8) is 0 Å². The lowest BCUT2D eigenvalue weighted by molar-refractivity contribution is -0.137. The van der Waals surface area contributed by atoms with Crippen molar-refractivity contribution in [2.45, 2.75) is 12.6 Å². The third-order valence-electron chi connectivity index (χ3n) is 3.18. The Morgan fingerprint density at radius 3 is 2.46 bits per heavy atom. The molecule has 1 amide bonds.